The summed E-state index contributed by atoms with van der Waals surface area (Å²) in [5.41, 5.74) is 0.632. The Morgan fingerprint density at radius 2 is 2.30 bits per heavy atom. The fourth-order valence-electron chi connectivity index (χ4n) is 3.21. The molecule has 0 saturated carbocycles. The van der Waals surface area contributed by atoms with Crippen molar-refractivity contribution in [2.75, 3.05) is 13.1 Å². The predicted molar refractivity (Wildman–Crippen MR) is 81.3 cm³/mol. The molecular weight excluding hydrogens is 300 g/mol. The number of aromatic amines is 2. The molecule has 23 heavy (non-hydrogen) atoms. The van der Waals surface area contributed by atoms with Crippen molar-refractivity contribution in [1.82, 2.24) is 29.9 Å². The maximum Gasteiger partial charge on any atom is 0.354 e. The van der Waals surface area contributed by atoms with Gasteiger partial charge in [0.2, 0.25) is 0 Å². The van der Waals surface area contributed by atoms with E-state index in [0.717, 1.165) is 31.8 Å². The first-order valence-corrected chi connectivity index (χ1v) is 7.73. The lowest BCUT2D eigenvalue weighted by Crippen LogP contribution is -2.35. The van der Waals surface area contributed by atoms with E-state index in [4.69, 9.17) is 5.11 Å². The Kier molecular flexibility index (Phi) is 4.28. The lowest BCUT2D eigenvalue weighted by atomic mass is 9.96. The van der Waals surface area contributed by atoms with E-state index in [1.54, 1.807) is 10.8 Å². The van der Waals surface area contributed by atoms with E-state index in [1.165, 1.54) is 0 Å². The number of hydrogen-bond donors (Lipinski definition) is 3. The van der Waals surface area contributed by atoms with E-state index >= 15 is 0 Å². The summed E-state index contributed by atoms with van der Waals surface area (Å²) in [6, 6.07) is 0. The Morgan fingerprint density at radius 3 is 3.04 bits per heavy atom. The Hall–Kier alpha value is -2.42. The highest BCUT2D eigenvalue weighted by molar-refractivity contribution is 5.86. The standard InChI is InChI=1S/C14H20N6O3/c1-2-20-12(17-18-14(20)23)9-4-3-5-19(7-9)8-10-6-15-16-11(10)13(21)22/h6,9H,2-5,7-8H2,1H3,(H,15,16)(H,18,23)(H,21,22)/t9-/m1/s1. The van der Waals surface area contributed by atoms with Gasteiger partial charge in [-0.1, -0.05) is 0 Å². The molecule has 0 aromatic carbocycles. The number of likely N-dealkylation sites (tertiary alicyclic amines) is 1. The summed E-state index contributed by atoms with van der Waals surface area (Å²) in [5.74, 6) is -0.0473. The Morgan fingerprint density at radius 1 is 1.48 bits per heavy atom. The van der Waals surface area contributed by atoms with Crippen LogP contribution in [0.1, 0.15) is 47.6 Å². The molecule has 3 N–H and O–H groups in total. The van der Waals surface area contributed by atoms with Gasteiger partial charge in [0.25, 0.3) is 0 Å². The highest BCUT2D eigenvalue weighted by atomic mass is 16.4. The van der Waals surface area contributed by atoms with Gasteiger partial charge in [0.15, 0.2) is 0 Å². The summed E-state index contributed by atoms with van der Waals surface area (Å²) in [7, 11) is 0. The van der Waals surface area contributed by atoms with Crippen LogP contribution in [0.25, 0.3) is 0 Å². The molecule has 1 aliphatic heterocycles. The zero-order valence-corrected chi connectivity index (χ0v) is 12.9. The van der Waals surface area contributed by atoms with E-state index in [2.05, 4.69) is 25.3 Å². The SMILES string of the molecule is CCn1c([C@@H]2CCCN(Cc3cn[nH]c3C(=O)O)C2)n[nH]c1=O. The maximum absolute atomic E-state index is 11.7. The molecule has 124 valence electrons. The third-order valence-corrected chi connectivity index (χ3v) is 4.30. The molecule has 2 aromatic rings. The molecule has 1 atom stereocenters. The van der Waals surface area contributed by atoms with Gasteiger partial charge in [0.1, 0.15) is 11.5 Å². The Bertz CT molecular complexity index is 746. The van der Waals surface area contributed by atoms with Crippen LogP contribution in [-0.2, 0) is 13.1 Å². The highest BCUT2D eigenvalue weighted by Gasteiger charge is 2.27. The average molecular weight is 320 g/mol. The molecule has 1 fully saturated rings. The van der Waals surface area contributed by atoms with E-state index in [1.807, 2.05) is 6.92 Å². The van der Waals surface area contributed by atoms with Crippen LogP contribution < -0.4 is 5.69 Å². The summed E-state index contributed by atoms with van der Waals surface area (Å²) in [6.07, 6.45) is 3.51. The number of aromatic nitrogens is 5. The van der Waals surface area contributed by atoms with Gasteiger partial charge in [-0.3, -0.25) is 14.6 Å². The van der Waals surface area contributed by atoms with Crippen molar-refractivity contribution in [2.24, 2.45) is 0 Å². The van der Waals surface area contributed by atoms with E-state index in [-0.39, 0.29) is 17.3 Å². The monoisotopic (exact) mass is 320 g/mol. The van der Waals surface area contributed by atoms with Crippen LogP contribution in [0.4, 0.5) is 0 Å². The van der Waals surface area contributed by atoms with Crippen molar-refractivity contribution >= 4 is 5.97 Å². The first-order chi connectivity index (χ1) is 11.1. The zero-order chi connectivity index (χ0) is 16.4. The first-order valence-electron chi connectivity index (χ1n) is 7.73. The van der Waals surface area contributed by atoms with Gasteiger partial charge >= 0.3 is 11.7 Å². The number of carboxylic acid groups (broad SMARTS) is 1. The minimum atomic E-state index is -1.00. The third-order valence-electron chi connectivity index (χ3n) is 4.30. The predicted octanol–water partition coefficient (Wildman–Crippen LogP) is 0.392. The van der Waals surface area contributed by atoms with Gasteiger partial charge < -0.3 is 5.11 Å². The average Bonchev–Trinajstić information content (AvgIpc) is 3.14. The number of hydrogen-bond acceptors (Lipinski definition) is 5. The van der Waals surface area contributed by atoms with E-state index in [0.29, 0.717) is 18.7 Å². The number of carboxylic acids is 1. The lowest BCUT2D eigenvalue weighted by Gasteiger charge is -2.32. The normalized spacial score (nSPS) is 19.1. The molecule has 3 heterocycles. The number of carbonyl (C=O) groups is 1. The van der Waals surface area contributed by atoms with Gasteiger partial charge in [-0.2, -0.15) is 10.2 Å². The van der Waals surface area contributed by atoms with Crippen LogP contribution in [0.5, 0.6) is 0 Å². The van der Waals surface area contributed by atoms with Crippen LogP contribution in [0, 0.1) is 0 Å². The maximum atomic E-state index is 11.7. The number of nitrogens with one attached hydrogen (secondary N) is 2. The van der Waals surface area contributed by atoms with Crippen molar-refractivity contribution in [3.05, 3.63) is 33.8 Å². The molecule has 0 aliphatic carbocycles. The van der Waals surface area contributed by atoms with Crippen LogP contribution >= 0.6 is 0 Å². The molecule has 0 spiro atoms. The topological polar surface area (TPSA) is 120 Å². The minimum Gasteiger partial charge on any atom is -0.477 e. The van der Waals surface area contributed by atoms with Crippen molar-refractivity contribution in [3.8, 4) is 0 Å². The van der Waals surface area contributed by atoms with Gasteiger partial charge in [-0.15, -0.1) is 0 Å². The summed E-state index contributed by atoms with van der Waals surface area (Å²) in [6.45, 7) is 4.67. The van der Waals surface area contributed by atoms with Gasteiger partial charge in [-0.25, -0.2) is 14.7 Å². The third kappa shape index (κ3) is 3.04. The number of rotatable bonds is 5. The summed E-state index contributed by atoms with van der Waals surface area (Å²) in [5, 5.41) is 22.2. The smallest absolute Gasteiger partial charge is 0.354 e. The molecule has 1 saturated heterocycles. The molecular formula is C14H20N6O3. The minimum absolute atomic E-state index is 0.136. The quantitative estimate of drug-likeness (QED) is 0.733. The van der Waals surface area contributed by atoms with E-state index < -0.39 is 5.97 Å². The van der Waals surface area contributed by atoms with Gasteiger partial charge in [0, 0.05) is 31.1 Å². The fourth-order valence-corrected chi connectivity index (χ4v) is 3.21. The van der Waals surface area contributed by atoms with Crippen LogP contribution in [0.3, 0.4) is 0 Å². The second-order valence-electron chi connectivity index (χ2n) is 5.78. The number of H-pyrrole nitrogens is 2. The summed E-state index contributed by atoms with van der Waals surface area (Å²) < 4.78 is 1.66. The molecule has 0 amide bonds. The molecule has 9 heteroatoms. The largest absolute Gasteiger partial charge is 0.477 e. The van der Waals surface area contributed by atoms with Crippen molar-refractivity contribution < 1.29 is 9.90 Å². The second-order valence-corrected chi connectivity index (χ2v) is 5.78. The molecule has 3 rings (SSSR count). The molecule has 0 unspecified atom stereocenters. The number of piperidine rings is 1. The lowest BCUT2D eigenvalue weighted by molar-refractivity contribution is 0.0687. The van der Waals surface area contributed by atoms with E-state index in [9.17, 15) is 9.59 Å². The summed E-state index contributed by atoms with van der Waals surface area (Å²) >= 11 is 0. The summed E-state index contributed by atoms with van der Waals surface area (Å²) in [4.78, 5) is 25.1. The molecule has 0 radical (unpaired) electrons. The second kappa shape index (κ2) is 6.37. The Labute approximate surface area is 132 Å². The first kappa shape index (κ1) is 15.5. The van der Waals surface area contributed by atoms with Gasteiger partial charge in [-0.05, 0) is 26.3 Å². The molecule has 0 bridgehead atoms. The number of nitrogens with zero attached hydrogens (tertiary/aromatic N) is 4. The van der Waals surface area contributed by atoms with Gasteiger partial charge in [0.05, 0.1) is 6.20 Å². The molecule has 1 aliphatic rings. The molecule has 2 aromatic heterocycles. The fraction of sp³-hybridized carbons (Fsp3) is 0.571. The van der Waals surface area contributed by atoms with Crippen LogP contribution in [0.15, 0.2) is 11.0 Å². The molecule has 9 nitrogen and oxygen atoms in total. The van der Waals surface area contributed by atoms with Crippen molar-refractivity contribution in [1.29, 1.82) is 0 Å². The van der Waals surface area contributed by atoms with Crippen LogP contribution in [-0.4, -0.2) is 54.0 Å². The van der Waals surface area contributed by atoms with Crippen molar-refractivity contribution in [2.45, 2.75) is 38.8 Å². The van der Waals surface area contributed by atoms with Crippen LogP contribution in [0.2, 0.25) is 0 Å². The Balaban J connectivity index is 1.74. The van der Waals surface area contributed by atoms with Crippen molar-refractivity contribution in [3.63, 3.8) is 0 Å². The number of aromatic carboxylic acids is 1. The highest BCUT2D eigenvalue weighted by Crippen LogP contribution is 2.26. The zero-order valence-electron chi connectivity index (χ0n) is 12.9.